The van der Waals surface area contributed by atoms with E-state index in [0.717, 1.165) is 9.39 Å². The second-order valence-corrected chi connectivity index (χ2v) is 4.38. The third-order valence-corrected chi connectivity index (χ3v) is 2.92. The van der Waals surface area contributed by atoms with Gasteiger partial charge in [-0.1, -0.05) is 23.0 Å². The Hall–Kier alpha value is -1.57. The fourth-order valence-corrected chi connectivity index (χ4v) is 1.62. The fraction of sp³-hybridized carbons (Fsp3) is 0.0909. The minimum atomic E-state index is -0.488. The molecule has 0 aliphatic carbocycles. The summed E-state index contributed by atoms with van der Waals surface area (Å²) in [6.45, 7) is 0. The van der Waals surface area contributed by atoms with E-state index >= 15 is 0 Å². The Balaban J connectivity index is 2.09. The van der Waals surface area contributed by atoms with Crippen LogP contribution >= 0.6 is 22.6 Å². The highest BCUT2D eigenvalue weighted by Gasteiger charge is 2.14. The number of amides is 1. The first-order valence-electron chi connectivity index (χ1n) is 4.89. The molecule has 0 aliphatic rings. The summed E-state index contributed by atoms with van der Waals surface area (Å²) in [7, 11) is 1.65. The van der Waals surface area contributed by atoms with Crippen molar-refractivity contribution in [2.75, 3.05) is 11.9 Å². The van der Waals surface area contributed by atoms with Gasteiger partial charge in [0.2, 0.25) is 0 Å². The first-order valence-corrected chi connectivity index (χ1v) is 5.97. The molecule has 0 saturated carbocycles. The zero-order valence-corrected chi connectivity index (χ0v) is 11.2. The Morgan fingerprint density at radius 3 is 2.65 bits per heavy atom. The monoisotopic (exact) mass is 343 g/mol. The molecule has 88 valence electrons. The predicted molar refractivity (Wildman–Crippen MR) is 71.8 cm³/mol. The summed E-state index contributed by atoms with van der Waals surface area (Å²) in [5.74, 6) is 0. The van der Waals surface area contributed by atoms with Gasteiger partial charge in [0.05, 0.1) is 6.20 Å². The summed E-state index contributed by atoms with van der Waals surface area (Å²) in [6, 6.07) is 11.0. The van der Waals surface area contributed by atoms with Gasteiger partial charge in [-0.15, -0.1) is 5.10 Å². The van der Waals surface area contributed by atoms with Gasteiger partial charge in [0, 0.05) is 12.7 Å². The highest BCUT2D eigenvalue weighted by Crippen LogP contribution is 2.11. The SMILES string of the molecule is CN(C(=O)On1nccc1I)c1ccccc1. The van der Waals surface area contributed by atoms with Crippen LogP contribution in [0.3, 0.4) is 0 Å². The van der Waals surface area contributed by atoms with E-state index in [2.05, 4.69) is 5.10 Å². The Bertz CT molecular complexity index is 512. The molecule has 2 aromatic rings. The van der Waals surface area contributed by atoms with Gasteiger partial charge in [-0.3, -0.25) is 9.74 Å². The average Bonchev–Trinajstić information content (AvgIpc) is 2.75. The number of hydrogen-bond donors (Lipinski definition) is 0. The highest BCUT2D eigenvalue weighted by molar-refractivity contribution is 14.1. The lowest BCUT2D eigenvalue weighted by Crippen LogP contribution is -2.34. The van der Waals surface area contributed by atoms with Crippen LogP contribution in [0.5, 0.6) is 0 Å². The van der Waals surface area contributed by atoms with Crippen molar-refractivity contribution in [1.82, 2.24) is 9.94 Å². The van der Waals surface area contributed by atoms with E-state index in [0.29, 0.717) is 0 Å². The van der Waals surface area contributed by atoms with Crippen LogP contribution in [0.25, 0.3) is 0 Å². The first-order chi connectivity index (χ1) is 8.18. The summed E-state index contributed by atoms with van der Waals surface area (Å²) in [5.41, 5.74) is 0.764. The zero-order valence-electron chi connectivity index (χ0n) is 9.08. The maximum atomic E-state index is 11.8. The number of aromatic nitrogens is 2. The van der Waals surface area contributed by atoms with Crippen LogP contribution in [0.4, 0.5) is 10.5 Å². The predicted octanol–water partition coefficient (Wildman–Crippen LogP) is 2.17. The lowest BCUT2D eigenvalue weighted by atomic mass is 10.3. The second-order valence-electron chi connectivity index (χ2n) is 3.28. The molecule has 5 nitrogen and oxygen atoms in total. The van der Waals surface area contributed by atoms with E-state index in [4.69, 9.17) is 4.84 Å². The summed E-state index contributed by atoms with van der Waals surface area (Å²) in [5, 5.41) is 3.87. The maximum absolute atomic E-state index is 11.8. The van der Waals surface area contributed by atoms with Crippen LogP contribution in [0, 0.1) is 3.70 Å². The van der Waals surface area contributed by atoms with Crippen molar-refractivity contribution >= 4 is 34.4 Å². The molecule has 0 unspecified atom stereocenters. The van der Waals surface area contributed by atoms with Gasteiger partial charge in [-0.25, -0.2) is 4.79 Å². The molecule has 17 heavy (non-hydrogen) atoms. The average molecular weight is 343 g/mol. The van der Waals surface area contributed by atoms with E-state index in [1.807, 2.05) is 52.9 Å². The normalized spacial score (nSPS) is 10.0. The molecule has 0 N–H and O–H groups in total. The van der Waals surface area contributed by atoms with Crippen LogP contribution in [0.1, 0.15) is 0 Å². The molecule has 6 heteroatoms. The minimum Gasteiger partial charge on any atom is -0.298 e. The van der Waals surface area contributed by atoms with Crippen molar-refractivity contribution in [1.29, 1.82) is 0 Å². The van der Waals surface area contributed by atoms with E-state index < -0.39 is 6.09 Å². The Morgan fingerprint density at radius 1 is 1.35 bits per heavy atom. The number of benzene rings is 1. The molecule has 1 aromatic heterocycles. The molecule has 0 atom stereocenters. The van der Waals surface area contributed by atoms with Gasteiger partial charge in [-0.2, -0.15) is 0 Å². The zero-order chi connectivity index (χ0) is 12.3. The van der Waals surface area contributed by atoms with Gasteiger partial charge in [0.25, 0.3) is 0 Å². The largest absolute Gasteiger partial charge is 0.440 e. The second kappa shape index (κ2) is 5.17. The Labute approximate surface area is 112 Å². The van der Waals surface area contributed by atoms with Crippen LogP contribution in [0.15, 0.2) is 42.6 Å². The number of carbonyl (C=O) groups is 1. The van der Waals surface area contributed by atoms with Gasteiger partial charge in [-0.05, 0) is 40.8 Å². The van der Waals surface area contributed by atoms with Crippen molar-refractivity contribution in [3.63, 3.8) is 0 Å². The number of rotatable bonds is 2. The number of halogens is 1. The molecule has 0 radical (unpaired) electrons. The van der Waals surface area contributed by atoms with Crippen LogP contribution in [-0.4, -0.2) is 23.1 Å². The molecular formula is C11H10IN3O2. The van der Waals surface area contributed by atoms with Gasteiger partial charge in [0.15, 0.2) is 0 Å². The number of para-hydroxylation sites is 1. The van der Waals surface area contributed by atoms with Crippen molar-refractivity contribution in [2.45, 2.75) is 0 Å². The molecule has 0 fully saturated rings. The third-order valence-electron chi connectivity index (χ3n) is 2.15. The van der Waals surface area contributed by atoms with Crippen molar-refractivity contribution in [3.8, 4) is 0 Å². The molecular weight excluding hydrogens is 333 g/mol. The molecule has 0 saturated heterocycles. The summed E-state index contributed by atoms with van der Waals surface area (Å²) in [6.07, 6.45) is 1.08. The fourth-order valence-electron chi connectivity index (χ4n) is 1.23. The topological polar surface area (TPSA) is 47.4 Å². The van der Waals surface area contributed by atoms with E-state index in [-0.39, 0.29) is 0 Å². The number of nitrogens with zero attached hydrogens (tertiary/aromatic N) is 3. The van der Waals surface area contributed by atoms with Crippen LogP contribution < -0.4 is 9.74 Å². The standard InChI is InChI=1S/C11H10IN3O2/c1-14(9-5-3-2-4-6-9)11(16)17-15-10(12)7-8-13-15/h2-8H,1H3. The Kier molecular flexibility index (Phi) is 3.62. The molecule has 0 bridgehead atoms. The maximum Gasteiger partial charge on any atom is 0.440 e. The van der Waals surface area contributed by atoms with Crippen molar-refractivity contribution in [2.24, 2.45) is 0 Å². The summed E-state index contributed by atoms with van der Waals surface area (Å²) in [4.78, 5) is 19.5. The minimum absolute atomic E-state index is 0.488. The van der Waals surface area contributed by atoms with E-state index in [9.17, 15) is 4.79 Å². The number of carbonyl (C=O) groups excluding carboxylic acids is 1. The quantitative estimate of drug-likeness (QED) is 0.786. The van der Waals surface area contributed by atoms with Crippen LogP contribution in [-0.2, 0) is 0 Å². The lowest BCUT2D eigenvalue weighted by Gasteiger charge is -2.16. The Morgan fingerprint density at radius 2 is 2.06 bits per heavy atom. The van der Waals surface area contributed by atoms with E-state index in [1.165, 1.54) is 9.75 Å². The van der Waals surface area contributed by atoms with Crippen molar-refractivity contribution < 1.29 is 9.63 Å². The third kappa shape index (κ3) is 2.76. The van der Waals surface area contributed by atoms with Crippen LogP contribution in [0.2, 0.25) is 0 Å². The molecule has 1 amide bonds. The van der Waals surface area contributed by atoms with Gasteiger partial charge in [0.1, 0.15) is 3.70 Å². The lowest BCUT2D eigenvalue weighted by molar-refractivity contribution is 0.120. The first kappa shape index (κ1) is 11.9. The van der Waals surface area contributed by atoms with E-state index in [1.54, 1.807) is 19.3 Å². The van der Waals surface area contributed by atoms with Gasteiger partial charge < -0.3 is 0 Å². The van der Waals surface area contributed by atoms with Crippen molar-refractivity contribution in [3.05, 3.63) is 46.3 Å². The van der Waals surface area contributed by atoms with Gasteiger partial charge >= 0.3 is 6.09 Å². The molecule has 0 aliphatic heterocycles. The number of anilines is 1. The molecule has 1 aromatic carbocycles. The molecule has 1 heterocycles. The summed E-state index contributed by atoms with van der Waals surface area (Å²) >= 11 is 2.03. The summed E-state index contributed by atoms with van der Waals surface area (Å²) < 4.78 is 0.734. The number of hydrogen-bond acceptors (Lipinski definition) is 3. The highest BCUT2D eigenvalue weighted by atomic mass is 127. The molecule has 0 spiro atoms. The smallest absolute Gasteiger partial charge is 0.298 e. The molecule has 2 rings (SSSR count).